The third kappa shape index (κ3) is 6.24. The zero-order chi connectivity index (χ0) is 18.9. The first kappa shape index (κ1) is 20.1. The van der Waals surface area contributed by atoms with Crippen molar-refractivity contribution in [2.75, 3.05) is 33.3 Å². The summed E-state index contributed by atoms with van der Waals surface area (Å²) in [5, 5.41) is 3.35. The molecule has 144 valence electrons. The van der Waals surface area contributed by atoms with Crippen LogP contribution in [-0.2, 0) is 4.79 Å². The number of guanidine groups is 1. The van der Waals surface area contributed by atoms with Crippen LogP contribution in [0.25, 0.3) is 0 Å². The van der Waals surface area contributed by atoms with Crippen LogP contribution in [0.5, 0.6) is 5.75 Å². The van der Waals surface area contributed by atoms with Gasteiger partial charge >= 0.3 is 0 Å². The molecule has 1 aromatic rings. The number of likely N-dealkylation sites (tertiary alicyclic amines) is 1. The lowest BCUT2D eigenvalue weighted by molar-refractivity contribution is -0.119. The highest BCUT2D eigenvalue weighted by Crippen LogP contribution is 2.20. The van der Waals surface area contributed by atoms with E-state index in [0.717, 1.165) is 37.6 Å². The van der Waals surface area contributed by atoms with E-state index in [1.807, 2.05) is 12.1 Å². The summed E-state index contributed by atoms with van der Waals surface area (Å²) in [5.74, 6) is 2.35. The molecule has 1 aliphatic rings. The SMILES string of the molecule is CN=C(NCCOc1ccc(C(C)C)cc1)N1CCCC(CC(N)=O)C1. The van der Waals surface area contributed by atoms with Crippen molar-refractivity contribution in [2.45, 2.75) is 39.0 Å². The van der Waals surface area contributed by atoms with Crippen LogP contribution < -0.4 is 15.8 Å². The number of ether oxygens (including phenoxy) is 1. The molecule has 1 aliphatic heterocycles. The molecular weight excluding hydrogens is 328 g/mol. The second-order valence-electron chi connectivity index (χ2n) is 7.17. The van der Waals surface area contributed by atoms with Gasteiger partial charge in [0.05, 0.1) is 6.54 Å². The van der Waals surface area contributed by atoms with Crippen LogP contribution in [0.2, 0.25) is 0 Å². The van der Waals surface area contributed by atoms with Crippen LogP contribution >= 0.6 is 0 Å². The van der Waals surface area contributed by atoms with E-state index in [9.17, 15) is 4.79 Å². The summed E-state index contributed by atoms with van der Waals surface area (Å²) in [6.07, 6.45) is 2.55. The van der Waals surface area contributed by atoms with Crippen molar-refractivity contribution in [1.29, 1.82) is 0 Å². The number of rotatable bonds is 7. The standard InChI is InChI=1S/C20H32N4O2/c1-15(2)17-6-8-18(9-7-17)26-12-10-23-20(22-3)24-11-4-5-16(14-24)13-19(21)25/h6-9,15-16H,4-5,10-14H2,1-3H3,(H2,21,25)(H,22,23). The van der Waals surface area contributed by atoms with Crippen LogP contribution in [0.15, 0.2) is 29.3 Å². The van der Waals surface area contributed by atoms with Gasteiger partial charge in [0.15, 0.2) is 5.96 Å². The summed E-state index contributed by atoms with van der Waals surface area (Å²) in [6, 6.07) is 8.25. The summed E-state index contributed by atoms with van der Waals surface area (Å²) in [6.45, 7) is 7.38. The van der Waals surface area contributed by atoms with E-state index in [0.29, 0.717) is 31.4 Å². The first-order valence-corrected chi connectivity index (χ1v) is 9.46. The van der Waals surface area contributed by atoms with Gasteiger partial charge in [-0.15, -0.1) is 0 Å². The largest absolute Gasteiger partial charge is 0.492 e. The number of amides is 1. The number of hydrogen-bond acceptors (Lipinski definition) is 3. The molecule has 2 rings (SSSR count). The van der Waals surface area contributed by atoms with Gasteiger partial charge in [-0.2, -0.15) is 0 Å². The van der Waals surface area contributed by atoms with Gasteiger partial charge in [-0.1, -0.05) is 26.0 Å². The first-order chi connectivity index (χ1) is 12.5. The van der Waals surface area contributed by atoms with Crippen LogP contribution in [0.4, 0.5) is 0 Å². The Hall–Kier alpha value is -2.24. The number of aliphatic imine (C=N–C) groups is 1. The van der Waals surface area contributed by atoms with Crippen molar-refractivity contribution in [3.05, 3.63) is 29.8 Å². The number of primary amides is 1. The maximum Gasteiger partial charge on any atom is 0.217 e. The van der Waals surface area contributed by atoms with Crippen LogP contribution in [0.1, 0.15) is 44.6 Å². The Morgan fingerprint density at radius 2 is 2.12 bits per heavy atom. The number of nitrogens with two attached hydrogens (primary N) is 1. The number of nitrogens with one attached hydrogen (secondary N) is 1. The van der Waals surface area contributed by atoms with Crippen LogP contribution in [-0.4, -0.2) is 50.1 Å². The van der Waals surface area contributed by atoms with Crippen molar-refractivity contribution in [3.8, 4) is 5.75 Å². The predicted molar refractivity (Wildman–Crippen MR) is 105 cm³/mol. The minimum Gasteiger partial charge on any atom is -0.492 e. The molecule has 6 heteroatoms. The molecule has 0 saturated carbocycles. The lowest BCUT2D eigenvalue weighted by Crippen LogP contribution is -2.48. The molecule has 1 heterocycles. The van der Waals surface area contributed by atoms with E-state index in [2.05, 4.69) is 41.2 Å². The van der Waals surface area contributed by atoms with Gasteiger partial charge in [0.1, 0.15) is 12.4 Å². The van der Waals surface area contributed by atoms with Gasteiger partial charge in [0.2, 0.25) is 5.91 Å². The molecule has 1 amide bonds. The first-order valence-electron chi connectivity index (χ1n) is 9.46. The molecule has 1 fully saturated rings. The highest BCUT2D eigenvalue weighted by molar-refractivity contribution is 5.80. The summed E-state index contributed by atoms with van der Waals surface area (Å²) in [4.78, 5) is 17.7. The molecule has 1 saturated heterocycles. The summed E-state index contributed by atoms with van der Waals surface area (Å²) in [7, 11) is 1.78. The van der Waals surface area contributed by atoms with Gasteiger partial charge in [-0.25, -0.2) is 0 Å². The molecule has 3 N–H and O–H groups in total. The number of hydrogen-bond donors (Lipinski definition) is 2. The van der Waals surface area contributed by atoms with Gasteiger partial charge in [0, 0.05) is 26.6 Å². The minimum absolute atomic E-state index is 0.225. The highest BCUT2D eigenvalue weighted by Gasteiger charge is 2.23. The molecule has 1 unspecified atom stereocenters. The van der Waals surface area contributed by atoms with E-state index >= 15 is 0 Å². The Bertz CT molecular complexity index is 598. The fraction of sp³-hybridized carbons (Fsp3) is 0.600. The second kappa shape index (κ2) is 10.0. The van der Waals surface area contributed by atoms with Gasteiger partial charge in [0.25, 0.3) is 0 Å². The maximum absolute atomic E-state index is 11.2. The molecule has 6 nitrogen and oxygen atoms in total. The van der Waals surface area contributed by atoms with E-state index in [1.165, 1.54) is 5.56 Å². The second-order valence-corrected chi connectivity index (χ2v) is 7.17. The van der Waals surface area contributed by atoms with Gasteiger partial charge in [-0.05, 0) is 42.4 Å². The number of benzene rings is 1. The number of carbonyl (C=O) groups excluding carboxylic acids is 1. The van der Waals surface area contributed by atoms with E-state index in [4.69, 9.17) is 10.5 Å². The van der Waals surface area contributed by atoms with Crippen molar-refractivity contribution >= 4 is 11.9 Å². The summed E-state index contributed by atoms with van der Waals surface area (Å²) >= 11 is 0. The predicted octanol–water partition coefficient (Wildman–Crippen LogP) is 2.35. The molecule has 26 heavy (non-hydrogen) atoms. The topological polar surface area (TPSA) is 80.0 Å². The fourth-order valence-corrected chi connectivity index (χ4v) is 3.32. The Morgan fingerprint density at radius 1 is 1.38 bits per heavy atom. The highest BCUT2D eigenvalue weighted by atomic mass is 16.5. The van der Waals surface area contributed by atoms with Crippen molar-refractivity contribution < 1.29 is 9.53 Å². The van der Waals surface area contributed by atoms with Crippen molar-refractivity contribution in [3.63, 3.8) is 0 Å². The molecule has 0 aromatic heterocycles. The third-order valence-electron chi connectivity index (χ3n) is 4.72. The fourth-order valence-electron chi connectivity index (χ4n) is 3.32. The van der Waals surface area contributed by atoms with E-state index in [1.54, 1.807) is 7.05 Å². The Kier molecular flexibility index (Phi) is 7.75. The molecule has 0 bridgehead atoms. The molecule has 0 aliphatic carbocycles. The number of piperidine rings is 1. The summed E-state index contributed by atoms with van der Waals surface area (Å²) in [5.41, 5.74) is 6.65. The molecule has 1 atom stereocenters. The van der Waals surface area contributed by atoms with Crippen LogP contribution in [0.3, 0.4) is 0 Å². The van der Waals surface area contributed by atoms with Gasteiger partial charge < -0.3 is 20.7 Å². The van der Waals surface area contributed by atoms with E-state index in [-0.39, 0.29) is 5.91 Å². The molecule has 0 spiro atoms. The average Bonchev–Trinajstić information content (AvgIpc) is 2.62. The average molecular weight is 361 g/mol. The lowest BCUT2D eigenvalue weighted by atomic mass is 9.95. The smallest absolute Gasteiger partial charge is 0.217 e. The normalized spacial score (nSPS) is 18.1. The zero-order valence-electron chi connectivity index (χ0n) is 16.2. The molecule has 0 radical (unpaired) electrons. The van der Waals surface area contributed by atoms with Crippen molar-refractivity contribution in [2.24, 2.45) is 16.6 Å². The summed E-state index contributed by atoms with van der Waals surface area (Å²) < 4.78 is 5.80. The quantitative estimate of drug-likeness (QED) is 0.444. The van der Waals surface area contributed by atoms with Crippen molar-refractivity contribution in [1.82, 2.24) is 10.2 Å². The Balaban J connectivity index is 1.75. The zero-order valence-corrected chi connectivity index (χ0v) is 16.2. The van der Waals surface area contributed by atoms with Crippen LogP contribution in [0, 0.1) is 5.92 Å². The van der Waals surface area contributed by atoms with Gasteiger partial charge in [-0.3, -0.25) is 9.79 Å². The number of carbonyl (C=O) groups is 1. The number of nitrogens with zero attached hydrogens (tertiary/aromatic N) is 2. The Labute approximate surface area is 156 Å². The third-order valence-corrected chi connectivity index (χ3v) is 4.72. The monoisotopic (exact) mass is 360 g/mol. The molecule has 1 aromatic carbocycles. The van der Waals surface area contributed by atoms with E-state index < -0.39 is 0 Å². The maximum atomic E-state index is 11.2. The lowest BCUT2D eigenvalue weighted by Gasteiger charge is -2.34. The molecular formula is C20H32N4O2. The Morgan fingerprint density at radius 3 is 2.73 bits per heavy atom. The minimum atomic E-state index is -0.225.